The van der Waals surface area contributed by atoms with Gasteiger partial charge in [0.15, 0.2) is 11.6 Å². The smallest absolute Gasteiger partial charge is 0.290 e. The summed E-state index contributed by atoms with van der Waals surface area (Å²) < 4.78 is 75.7. The largest absolute Gasteiger partial charge is 0.451 e. The van der Waals surface area contributed by atoms with E-state index in [2.05, 4.69) is 15.0 Å². The minimum atomic E-state index is -1.77. The molecule has 1 aliphatic heterocycles. The number of amides is 1. The van der Waals surface area contributed by atoms with Crippen molar-refractivity contribution in [2.45, 2.75) is 32.1 Å². The quantitative estimate of drug-likeness (QED) is 0.173. The number of aromatic nitrogens is 2. The van der Waals surface area contributed by atoms with Gasteiger partial charge in [-0.3, -0.25) is 14.6 Å². The highest BCUT2D eigenvalue weighted by Gasteiger charge is 2.40. The normalized spacial score (nSPS) is 17.8. The Kier molecular flexibility index (Phi) is 7.93. The Balaban J connectivity index is 1.42. The van der Waals surface area contributed by atoms with Gasteiger partial charge in [0.1, 0.15) is 23.7 Å². The molecular formula is C29H26F5N5O3. The molecule has 1 aliphatic carbocycles. The Morgan fingerprint density at radius 3 is 2.33 bits per heavy atom. The molecule has 5 rings (SSSR count). The number of nitrogen functional groups attached to an aromatic ring is 1. The van der Waals surface area contributed by atoms with E-state index < -0.39 is 46.5 Å². The number of hydrogen-bond acceptors (Lipinski definition) is 7. The number of Topliss-reactive ketones (excluding diaryl/α,β-unsaturated/α-hetero) is 1. The van der Waals surface area contributed by atoms with Crippen molar-refractivity contribution < 1.29 is 36.3 Å². The molecular weight excluding hydrogens is 561 g/mol. The van der Waals surface area contributed by atoms with Crippen LogP contribution in [0, 0.1) is 40.9 Å². The molecule has 0 bridgehead atoms. The number of carbonyl (C=O) groups excluding carboxylic acids is 2. The highest BCUT2D eigenvalue weighted by atomic mass is 19.2. The molecule has 42 heavy (non-hydrogen) atoms. The lowest BCUT2D eigenvalue weighted by molar-refractivity contribution is -0.144. The van der Waals surface area contributed by atoms with Crippen LogP contribution >= 0.6 is 0 Å². The van der Waals surface area contributed by atoms with Gasteiger partial charge in [0.05, 0.1) is 17.0 Å². The predicted molar refractivity (Wildman–Crippen MR) is 142 cm³/mol. The summed E-state index contributed by atoms with van der Waals surface area (Å²) in [5.41, 5.74) is 6.93. The fraction of sp³-hybridized carbons (Fsp3) is 0.345. The van der Waals surface area contributed by atoms with Crippen molar-refractivity contribution >= 4 is 23.2 Å². The molecule has 2 atom stereocenters. The van der Waals surface area contributed by atoms with Gasteiger partial charge in [0, 0.05) is 49.7 Å². The molecule has 1 amide bonds. The minimum absolute atomic E-state index is 0.0152. The number of benzene rings is 2. The fourth-order valence-corrected chi connectivity index (χ4v) is 5.16. The van der Waals surface area contributed by atoms with Gasteiger partial charge in [-0.15, -0.1) is 0 Å². The van der Waals surface area contributed by atoms with E-state index in [1.165, 1.54) is 19.4 Å². The second-order valence-electron chi connectivity index (χ2n) is 10.4. The third kappa shape index (κ3) is 5.42. The van der Waals surface area contributed by atoms with Gasteiger partial charge < -0.3 is 15.4 Å². The van der Waals surface area contributed by atoms with Crippen LogP contribution in [0.25, 0.3) is 0 Å². The maximum absolute atomic E-state index is 15.4. The minimum Gasteiger partial charge on any atom is -0.451 e. The monoisotopic (exact) mass is 587 g/mol. The molecule has 0 spiro atoms. The molecule has 2 fully saturated rings. The third-order valence-corrected chi connectivity index (χ3v) is 7.66. The number of nitrogens with zero attached hydrogens (tertiary/aromatic N) is 4. The molecule has 3 aromatic rings. The van der Waals surface area contributed by atoms with Gasteiger partial charge >= 0.3 is 0 Å². The summed E-state index contributed by atoms with van der Waals surface area (Å²) in [5.74, 6) is -11.0. The molecule has 2 aromatic carbocycles. The number of carbonyl (C=O) groups is 2. The molecule has 8 nitrogen and oxygen atoms in total. The Morgan fingerprint density at radius 2 is 1.71 bits per heavy atom. The molecule has 2 unspecified atom stereocenters. The van der Waals surface area contributed by atoms with E-state index in [1.807, 2.05) is 6.92 Å². The van der Waals surface area contributed by atoms with E-state index in [-0.39, 0.29) is 52.3 Å². The Labute approximate surface area is 237 Å². The van der Waals surface area contributed by atoms with Crippen molar-refractivity contribution in [3.63, 3.8) is 0 Å². The molecule has 2 aliphatic rings. The van der Waals surface area contributed by atoms with Gasteiger partial charge in [-0.25, -0.2) is 23.1 Å². The first-order valence-electron chi connectivity index (χ1n) is 13.2. The van der Waals surface area contributed by atoms with E-state index in [1.54, 1.807) is 4.90 Å². The van der Waals surface area contributed by atoms with Gasteiger partial charge in [-0.1, -0.05) is 6.92 Å². The first-order valence-corrected chi connectivity index (χ1v) is 13.2. The van der Waals surface area contributed by atoms with Crippen molar-refractivity contribution in [1.82, 2.24) is 14.9 Å². The zero-order chi connectivity index (χ0) is 30.3. The van der Waals surface area contributed by atoms with Crippen molar-refractivity contribution in [1.29, 1.82) is 0 Å². The molecule has 2 heterocycles. The first-order chi connectivity index (χ1) is 20.0. The lowest BCUT2D eigenvalue weighted by atomic mass is 9.86. The number of nitrogens with two attached hydrogens (primary N) is 1. The zero-order valence-electron chi connectivity index (χ0n) is 22.6. The summed E-state index contributed by atoms with van der Waals surface area (Å²) in [6, 6.07) is 3.16. The Bertz CT molecular complexity index is 1580. The fourth-order valence-electron chi connectivity index (χ4n) is 5.16. The predicted octanol–water partition coefficient (Wildman–Crippen LogP) is 4.94. The van der Waals surface area contributed by atoms with Crippen LogP contribution < -0.4 is 10.5 Å². The summed E-state index contributed by atoms with van der Waals surface area (Å²) in [5, 5.41) is 0. The van der Waals surface area contributed by atoms with Crippen LogP contribution in [0.1, 0.15) is 48.9 Å². The number of halogens is 5. The summed E-state index contributed by atoms with van der Waals surface area (Å²) in [7, 11) is 1.40. The number of anilines is 1. The number of hydrogen-bond donors (Lipinski definition) is 1. The van der Waals surface area contributed by atoms with Crippen LogP contribution in [0.5, 0.6) is 11.5 Å². The van der Waals surface area contributed by atoms with Crippen molar-refractivity contribution in [3.8, 4) is 11.5 Å². The van der Waals surface area contributed by atoms with E-state index in [9.17, 15) is 27.2 Å². The molecule has 1 saturated heterocycles. The van der Waals surface area contributed by atoms with Crippen LogP contribution in [0.3, 0.4) is 0 Å². The van der Waals surface area contributed by atoms with Crippen molar-refractivity contribution in [2.24, 2.45) is 16.8 Å². The van der Waals surface area contributed by atoms with Crippen molar-refractivity contribution in [3.05, 3.63) is 76.5 Å². The number of ether oxygens (including phenoxy) is 1. The second kappa shape index (κ2) is 11.5. The highest BCUT2D eigenvalue weighted by Crippen LogP contribution is 2.37. The average Bonchev–Trinajstić information content (AvgIpc) is 3.71. The van der Waals surface area contributed by atoms with Crippen LogP contribution in [-0.4, -0.2) is 52.4 Å². The standard InChI is InChI=1S/C29H26F5N5O3/c1-13(15-7-8-39(11-15)29(41)26(40)14-3-4-14)24-21(28(35)38-12-37-24)25(36-2)17-6-5-16(9-18(17)30)42-27-22(33)19(31)10-20(32)23(27)34/h5-6,9-10,12-15H,3-4,7-8,11H2,1-2H3,(H2,35,37,38)/b36-25-. The molecule has 0 radical (unpaired) electrons. The Morgan fingerprint density at radius 1 is 1.02 bits per heavy atom. The van der Waals surface area contributed by atoms with Crippen molar-refractivity contribution in [2.75, 3.05) is 25.9 Å². The summed E-state index contributed by atoms with van der Waals surface area (Å²) in [4.78, 5) is 39.2. The zero-order valence-corrected chi connectivity index (χ0v) is 22.6. The van der Waals surface area contributed by atoms with Gasteiger partial charge in [0.25, 0.3) is 5.91 Å². The van der Waals surface area contributed by atoms with Gasteiger partial charge in [-0.05, 0) is 37.3 Å². The van der Waals surface area contributed by atoms with E-state index in [0.717, 1.165) is 25.0 Å². The SMILES string of the molecule is C/N=C(/c1ccc(Oc2c(F)c(F)cc(F)c2F)cc1F)c1c(N)ncnc1C(C)C1CCN(C(=O)C(=O)C2CC2)C1. The molecule has 1 saturated carbocycles. The first kappa shape index (κ1) is 29.1. The van der Waals surface area contributed by atoms with E-state index in [0.29, 0.717) is 25.2 Å². The number of likely N-dealkylation sites (tertiary alicyclic amines) is 1. The molecule has 220 valence electrons. The maximum atomic E-state index is 15.4. The summed E-state index contributed by atoms with van der Waals surface area (Å²) in [6.07, 6.45) is 3.35. The molecule has 13 heteroatoms. The summed E-state index contributed by atoms with van der Waals surface area (Å²) in [6.45, 7) is 2.65. The average molecular weight is 588 g/mol. The van der Waals surface area contributed by atoms with Crippen LogP contribution in [0.2, 0.25) is 0 Å². The number of ketones is 1. The Hall–Kier alpha value is -4.42. The third-order valence-electron chi connectivity index (χ3n) is 7.66. The highest BCUT2D eigenvalue weighted by molar-refractivity contribution is 6.37. The van der Waals surface area contributed by atoms with E-state index in [4.69, 9.17) is 10.5 Å². The number of aliphatic imine (C=N–C) groups is 1. The van der Waals surface area contributed by atoms with Crippen LogP contribution in [0.15, 0.2) is 35.6 Å². The maximum Gasteiger partial charge on any atom is 0.290 e. The van der Waals surface area contributed by atoms with Crippen LogP contribution in [0.4, 0.5) is 27.8 Å². The lowest BCUT2D eigenvalue weighted by Crippen LogP contribution is -2.36. The van der Waals surface area contributed by atoms with Gasteiger partial charge in [-0.2, -0.15) is 8.78 Å². The molecule has 2 N–H and O–H groups in total. The molecule has 1 aromatic heterocycles. The van der Waals surface area contributed by atoms with Gasteiger partial charge in [0.2, 0.25) is 23.2 Å². The topological polar surface area (TPSA) is 111 Å². The van der Waals surface area contributed by atoms with Crippen LogP contribution in [-0.2, 0) is 9.59 Å². The summed E-state index contributed by atoms with van der Waals surface area (Å²) >= 11 is 0. The van der Waals surface area contributed by atoms with E-state index >= 15 is 4.39 Å². The second-order valence-corrected chi connectivity index (χ2v) is 10.4. The lowest BCUT2D eigenvalue weighted by Gasteiger charge is -2.23. The number of rotatable bonds is 8.